The SMILES string of the molecule is CC(C)(c1ccc(OCc2ccnc(N3CCC(CN4CCN(c5cccc6c5C(=O)C(C5CCC(=O)NC5=O)C6=O)CC4)CC3)n2)cc1)c1cc(Cl)cc(C#N)c1. The molecule has 3 fully saturated rings. The number of piperidine rings is 2. The molecule has 0 radical (unpaired) electrons. The Morgan fingerprint density at radius 1 is 0.879 bits per heavy atom. The summed E-state index contributed by atoms with van der Waals surface area (Å²) in [4.78, 5) is 67.8. The van der Waals surface area contributed by atoms with E-state index in [2.05, 4.69) is 44.9 Å². The molecule has 2 atom stereocenters. The number of rotatable bonds is 10. The molecular formula is C45H46ClN7O5. The molecule has 0 saturated carbocycles. The zero-order chi connectivity index (χ0) is 40.6. The molecule has 4 aliphatic rings. The smallest absolute Gasteiger partial charge is 0.230 e. The number of ketones is 2. The molecule has 298 valence electrons. The molecule has 3 saturated heterocycles. The van der Waals surface area contributed by atoms with Crippen LogP contribution in [0.1, 0.15) is 82.6 Å². The molecule has 0 spiro atoms. The van der Waals surface area contributed by atoms with Gasteiger partial charge in [-0.1, -0.05) is 49.7 Å². The summed E-state index contributed by atoms with van der Waals surface area (Å²) in [6.45, 7) is 10.4. The molecule has 0 bridgehead atoms. The van der Waals surface area contributed by atoms with Crippen LogP contribution in [0.2, 0.25) is 5.02 Å². The van der Waals surface area contributed by atoms with E-state index in [1.165, 1.54) is 0 Å². The summed E-state index contributed by atoms with van der Waals surface area (Å²) < 4.78 is 6.13. The largest absolute Gasteiger partial charge is 0.487 e. The second kappa shape index (κ2) is 16.3. The van der Waals surface area contributed by atoms with Crippen molar-refractivity contribution in [2.75, 3.05) is 55.6 Å². The minimum atomic E-state index is -1.07. The van der Waals surface area contributed by atoms with Crippen LogP contribution in [-0.4, -0.2) is 84.1 Å². The van der Waals surface area contributed by atoms with Crippen LogP contribution in [0.5, 0.6) is 5.75 Å². The number of carbonyl (C=O) groups is 4. The quantitative estimate of drug-likeness (QED) is 0.149. The number of Topliss-reactive ketones (excluding diaryl/α,β-unsaturated/α-hetero) is 2. The van der Waals surface area contributed by atoms with E-state index in [0.29, 0.717) is 40.2 Å². The van der Waals surface area contributed by atoms with Crippen molar-refractivity contribution in [3.8, 4) is 11.8 Å². The fourth-order valence-corrected chi connectivity index (χ4v) is 9.12. The molecule has 8 rings (SSSR count). The number of carbonyl (C=O) groups excluding carboxylic acids is 4. The maximum absolute atomic E-state index is 13.7. The standard InChI is InChI=1S/C45H46ClN7O5/c1-45(2,31-22-29(25-47)23-32(46)24-31)30-6-8-34(9-7-30)58-27-33-12-15-48-44(49-33)53-16-13-28(14-17-53)26-51-18-20-52(21-19-51)37-5-3-4-35-39(37)42(56)40(41(35)55)36-10-11-38(54)50-43(36)57/h3-9,12,15,22-24,28,36,40H,10-11,13-14,16-21,26-27H2,1-2H3,(H,50,54,57). The van der Waals surface area contributed by atoms with Gasteiger partial charge in [0.1, 0.15) is 12.4 Å². The minimum Gasteiger partial charge on any atom is -0.487 e. The van der Waals surface area contributed by atoms with Crippen molar-refractivity contribution in [1.29, 1.82) is 5.26 Å². The van der Waals surface area contributed by atoms with Crippen LogP contribution < -0.4 is 19.9 Å². The van der Waals surface area contributed by atoms with Crippen molar-refractivity contribution in [2.45, 2.75) is 51.6 Å². The summed E-state index contributed by atoms with van der Waals surface area (Å²) in [7, 11) is 0. The van der Waals surface area contributed by atoms with Gasteiger partial charge in [-0.25, -0.2) is 9.97 Å². The Morgan fingerprint density at radius 2 is 1.64 bits per heavy atom. The number of ether oxygens (including phenoxy) is 1. The average molecular weight is 800 g/mol. The number of imide groups is 1. The van der Waals surface area contributed by atoms with Gasteiger partial charge in [0.25, 0.3) is 0 Å². The number of nitrogens with one attached hydrogen (secondary N) is 1. The molecular weight excluding hydrogens is 754 g/mol. The molecule has 12 nitrogen and oxygen atoms in total. The summed E-state index contributed by atoms with van der Waals surface area (Å²) in [5.41, 5.74) is 4.59. The number of fused-ring (bicyclic) bond motifs is 1. The van der Waals surface area contributed by atoms with Gasteiger partial charge in [0.15, 0.2) is 11.6 Å². The first kappa shape index (κ1) is 39.2. The normalized spacial score (nSPS) is 20.5. The second-order valence-corrected chi connectivity index (χ2v) is 16.7. The van der Waals surface area contributed by atoms with E-state index in [4.69, 9.17) is 21.3 Å². The first-order valence-electron chi connectivity index (χ1n) is 20.0. The highest BCUT2D eigenvalue weighted by atomic mass is 35.5. The lowest BCUT2D eigenvalue weighted by atomic mass is 9.78. The molecule has 3 aromatic carbocycles. The van der Waals surface area contributed by atoms with E-state index in [1.54, 1.807) is 18.3 Å². The summed E-state index contributed by atoms with van der Waals surface area (Å²) >= 11 is 6.30. The van der Waals surface area contributed by atoms with Gasteiger partial charge in [0, 0.05) is 80.1 Å². The molecule has 1 N–H and O–H groups in total. The predicted molar refractivity (Wildman–Crippen MR) is 219 cm³/mol. The van der Waals surface area contributed by atoms with E-state index in [-0.39, 0.29) is 35.7 Å². The highest BCUT2D eigenvalue weighted by Crippen LogP contribution is 2.40. The summed E-state index contributed by atoms with van der Waals surface area (Å²) in [6, 6.07) is 22.9. The fourth-order valence-electron chi connectivity index (χ4n) is 8.88. The van der Waals surface area contributed by atoms with Crippen LogP contribution in [0, 0.1) is 29.1 Å². The number of hydrogen-bond donors (Lipinski definition) is 1. The Morgan fingerprint density at radius 3 is 2.36 bits per heavy atom. The highest BCUT2D eigenvalue weighted by molar-refractivity contribution is 6.31. The Balaban J connectivity index is 0.810. The monoisotopic (exact) mass is 799 g/mol. The maximum atomic E-state index is 13.7. The van der Waals surface area contributed by atoms with Gasteiger partial charge in [0.2, 0.25) is 17.8 Å². The highest BCUT2D eigenvalue weighted by Gasteiger charge is 2.49. The number of piperazine rings is 1. The third-order valence-corrected chi connectivity index (χ3v) is 12.6. The van der Waals surface area contributed by atoms with E-state index in [1.807, 2.05) is 54.6 Å². The number of benzene rings is 3. The van der Waals surface area contributed by atoms with Gasteiger partial charge in [-0.3, -0.25) is 29.4 Å². The van der Waals surface area contributed by atoms with Gasteiger partial charge in [-0.05, 0) is 78.8 Å². The third kappa shape index (κ3) is 7.93. The molecule has 4 aromatic rings. The summed E-state index contributed by atoms with van der Waals surface area (Å²) in [5.74, 6) is -1.41. The number of hydrogen-bond acceptors (Lipinski definition) is 11. The molecule has 3 aliphatic heterocycles. The third-order valence-electron chi connectivity index (χ3n) is 12.3. The van der Waals surface area contributed by atoms with Crippen LogP contribution in [-0.2, 0) is 21.6 Å². The Kier molecular flexibility index (Phi) is 11.0. The molecule has 13 heteroatoms. The molecule has 2 amide bonds. The zero-order valence-corrected chi connectivity index (χ0v) is 33.5. The number of amides is 2. The second-order valence-electron chi connectivity index (χ2n) is 16.3. The van der Waals surface area contributed by atoms with Crippen molar-refractivity contribution in [3.63, 3.8) is 0 Å². The Bertz CT molecular complexity index is 2290. The number of aromatic nitrogens is 2. The van der Waals surface area contributed by atoms with Crippen LogP contribution in [0.15, 0.2) is 72.9 Å². The number of nitrogens with zero attached hydrogens (tertiary/aromatic N) is 6. The van der Waals surface area contributed by atoms with Gasteiger partial charge < -0.3 is 14.5 Å². The number of halogens is 1. The topological polar surface area (TPSA) is 149 Å². The van der Waals surface area contributed by atoms with Crippen molar-refractivity contribution < 1.29 is 23.9 Å². The lowest BCUT2D eigenvalue weighted by Crippen LogP contribution is -2.49. The first-order chi connectivity index (χ1) is 28.0. The summed E-state index contributed by atoms with van der Waals surface area (Å²) in [6.07, 6.45) is 4.19. The predicted octanol–water partition coefficient (Wildman–Crippen LogP) is 5.99. The van der Waals surface area contributed by atoms with Crippen molar-refractivity contribution >= 4 is 46.6 Å². The molecule has 1 aromatic heterocycles. The van der Waals surface area contributed by atoms with E-state index >= 15 is 0 Å². The van der Waals surface area contributed by atoms with Crippen molar-refractivity contribution in [2.24, 2.45) is 17.8 Å². The van der Waals surface area contributed by atoms with Crippen LogP contribution in [0.25, 0.3) is 0 Å². The zero-order valence-electron chi connectivity index (χ0n) is 32.7. The minimum absolute atomic E-state index is 0.130. The van der Waals surface area contributed by atoms with Gasteiger partial charge >= 0.3 is 0 Å². The summed E-state index contributed by atoms with van der Waals surface area (Å²) in [5, 5.41) is 12.3. The van der Waals surface area contributed by atoms with Crippen molar-refractivity contribution in [3.05, 3.63) is 111 Å². The van der Waals surface area contributed by atoms with E-state index in [9.17, 15) is 24.4 Å². The van der Waals surface area contributed by atoms with E-state index in [0.717, 1.165) is 86.9 Å². The van der Waals surface area contributed by atoms with Crippen molar-refractivity contribution in [1.82, 2.24) is 20.2 Å². The van der Waals surface area contributed by atoms with Gasteiger partial charge in [-0.2, -0.15) is 5.26 Å². The van der Waals surface area contributed by atoms with E-state index < -0.39 is 17.7 Å². The number of anilines is 2. The Hall–Kier alpha value is -5.64. The molecule has 4 heterocycles. The van der Waals surface area contributed by atoms with Crippen LogP contribution in [0.3, 0.4) is 0 Å². The molecule has 58 heavy (non-hydrogen) atoms. The van der Waals surface area contributed by atoms with Gasteiger partial charge in [-0.15, -0.1) is 0 Å². The van der Waals surface area contributed by atoms with Gasteiger partial charge in [0.05, 0.1) is 34.7 Å². The van der Waals surface area contributed by atoms with Crippen LogP contribution >= 0.6 is 11.6 Å². The average Bonchev–Trinajstić information content (AvgIpc) is 3.49. The molecule has 2 unspecified atom stereocenters. The van der Waals surface area contributed by atoms with Crippen LogP contribution in [0.4, 0.5) is 11.6 Å². The first-order valence-corrected chi connectivity index (χ1v) is 20.4. The Labute approximate surface area is 343 Å². The maximum Gasteiger partial charge on any atom is 0.230 e. The lowest BCUT2D eigenvalue weighted by Gasteiger charge is -2.40. The lowest BCUT2D eigenvalue weighted by molar-refractivity contribution is -0.137. The number of nitriles is 1. The molecule has 1 aliphatic carbocycles. The fraction of sp³-hybridized carbons (Fsp3) is 0.400.